The lowest BCUT2D eigenvalue weighted by atomic mass is 9.78. The lowest BCUT2D eigenvalue weighted by Crippen LogP contribution is -2.46. The number of likely N-dealkylation sites (tertiary alicyclic amines) is 1. The molecule has 1 heterocycles. The number of nitrogens with two attached hydrogens (primary N) is 1. The van der Waals surface area contributed by atoms with Crippen molar-refractivity contribution in [2.75, 3.05) is 19.6 Å². The van der Waals surface area contributed by atoms with E-state index in [2.05, 4.69) is 18.7 Å². The summed E-state index contributed by atoms with van der Waals surface area (Å²) in [7, 11) is 0. The zero-order valence-electron chi connectivity index (χ0n) is 9.63. The molecular formula is C12H24N2. The van der Waals surface area contributed by atoms with Gasteiger partial charge in [-0.25, -0.2) is 0 Å². The highest BCUT2D eigenvalue weighted by Gasteiger charge is 2.30. The molecule has 2 nitrogen and oxygen atoms in total. The van der Waals surface area contributed by atoms with E-state index in [-0.39, 0.29) is 0 Å². The Kier molecular flexibility index (Phi) is 2.85. The second kappa shape index (κ2) is 3.82. The fourth-order valence-electron chi connectivity index (χ4n) is 2.64. The Balaban J connectivity index is 1.69. The monoisotopic (exact) mass is 196 g/mol. The Bertz CT molecular complexity index is 184. The second-order valence-corrected chi connectivity index (χ2v) is 6.06. The Hall–Kier alpha value is -0.0800. The van der Waals surface area contributed by atoms with E-state index < -0.39 is 0 Å². The molecule has 2 heteroatoms. The van der Waals surface area contributed by atoms with Crippen LogP contribution < -0.4 is 5.73 Å². The van der Waals surface area contributed by atoms with Gasteiger partial charge in [-0.05, 0) is 50.1 Å². The first-order chi connectivity index (χ1) is 6.55. The Labute approximate surface area is 87.8 Å². The number of rotatable bonds is 2. The Morgan fingerprint density at radius 2 is 1.79 bits per heavy atom. The summed E-state index contributed by atoms with van der Waals surface area (Å²) in [5.74, 6) is 0.909. The van der Waals surface area contributed by atoms with Crippen LogP contribution in [0.4, 0.5) is 0 Å². The summed E-state index contributed by atoms with van der Waals surface area (Å²) in [6.07, 6.45) is 5.26. The number of hydrogen-bond acceptors (Lipinski definition) is 2. The molecule has 1 saturated carbocycles. The minimum atomic E-state index is 0.515. The maximum atomic E-state index is 5.80. The van der Waals surface area contributed by atoms with Gasteiger partial charge in [0, 0.05) is 12.6 Å². The molecular weight excluding hydrogens is 172 g/mol. The maximum Gasteiger partial charge on any atom is 0.00450 e. The van der Waals surface area contributed by atoms with Crippen LogP contribution in [0, 0.1) is 11.3 Å². The molecule has 2 rings (SSSR count). The quantitative estimate of drug-likeness (QED) is 0.730. The molecule has 2 fully saturated rings. The average Bonchev–Trinajstić information content (AvgIpc) is 2.06. The van der Waals surface area contributed by atoms with Crippen molar-refractivity contribution in [2.45, 2.75) is 45.6 Å². The second-order valence-electron chi connectivity index (χ2n) is 6.06. The topological polar surface area (TPSA) is 29.3 Å². The average molecular weight is 196 g/mol. The molecule has 0 aromatic rings. The minimum absolute atomic E-state index is 0.515. The zero-order chi connectivity index (χ0) is 10.2. The Morgan fingerprint density at radius 3 is 2.29 bits per heavy atom. The first-order valence-corrected chi connectivity index (χ1v) is 6.03. The minimum Gasteiger partial charge on any atom is -0.328 e. The highest BCUT2D eigenvalue weighted by Crippen LogP contribution is 2.32. The molecule has 82 valence electrons. The normalized spacial score (nSPS) is 37.9. The van der Waals surface area contributed by atoms with Crippen LogP contribution in [0.3, 0.4) is 0 Å². The van der Waals surface area contributed by atoms with Gasteiger partial charge in [-0.3, -0.25) is 0 Å². The predicted molar refractivity (Wildman–Crippen MR) is 60.2 cm³/mol. The fraction of sp³-hybridized carbons (Fsp3) is 1.00. The molecule has 0 radical (unpaired) electrons. The molecule has 1 saturated heterocycles. The smallest absolute Gasteiger partial charge is 0.00450 e. The van der Waals surface area contributed by atoms with Crippen molar-refractivity contribution < 1.29 is 0 Å². The third-order valence-corrected chi connectivity index (χ3v) is 4.00. The zero-order valence-corrected chi connectivity index (χ0v) is 9.63. The van der Waals surface area contributed by atoms with Gasteiger partial charge in [-0.2, -0.15) is 0 Å². The summed E-state index contributed by atoms with van der Waals surface area (Å²) in [5, 5.41) is 0. The molecule has 0 aromatic carbocycles. The van der Waals surface area contributed by atoms with Crippen LogP contribution in [0.25, 0.3) is 0 Å². The molecule has 0 atom stereocenters. The molecule has 2 aliphatic rings. The van der Waals surface area contributed by atoms with Crippen LogP contribution in [0.2, 0.25) is 0 Å². The van der Waals surface area contributed by atoms with Gasteiger partial charge in [0.15, 0.2) is 0 Å². The molecule has 14 heavy (non-hydrogen) atoms. The highest BCUT2D eigenvalue weighted by atomic mass is 15.1. The van der Waals surface area contributed by atoms with Gasteiger partial charge in [0.2, 0.25) is 0 Å². The van der Waals surface area contributed by atoms with E-state index in [0.717, 1.165) is 5.92 Å². The summed E-state index contributed by atoms with van der Waals surface area (Å²) in [6.45, 7) is 8.70. The van der Waals surface area contributed by atoms with Gasteiger partial charge in [0.25, 0.3) is 0 Å². The molecule has 0 bridgehead atoms. The van der Waals surface area contributed by atoms with Crippen LogP contribution >= 0.6 is 0 Å². The van der Waals surface area contributed by atoms with E-state index in [9.17, 15) is 0 Å². The van der Waals surface area contributed by atoms with Crippen molar-refractivity contribution in [1.29, 1.82) is 0 Å². The van der Waals surface area contributed by atoms with Crippen molar-refractivity contribution >= 4 is 0 Å². The van der Waals surface area contributed by atoms with Crippen LogP contribution in [-0.4, -0.2) is 30.6 Å². The molecule has 1 aliphatic heterocycles. The van der Waals surface area contributed by atoms with Crippen molar-refractivity contribution in [3.63, 3.8) is 0 Å². The summed E-state index contributed by atoms with van der Waals surface area (Å²) in [4.78, 5) is 2.64. The molecule has 2 N–H and O–H groups in total. The number of nitrogens with zero attached hydrogens (tertiary/aromatic N) is 1. The van der Waals surface area contributed by atoms with Gasteiger partial charge in [-0.15, -0.1) is 0 Å². The van der Waals surface area contributed by atoms with Crippen molar-refractivity contribution in [1.82, 2.24) is 4.90 Å². The first-order valence-electron chi connectivity index (χ1n) is 6.03. The third-order valence-electron chi connectivity index (χ3n) is 4.00. The van der Waals surface area contributed by atoms with E-state index in [4.69, 9.17) is 5.73 Å². The Morgan fingerprint density at radius 1 is 1.21 bits per heavy atom. The largest absolute Gasteiger partial charge is 0.328 e. The number of piperidine rings is 1. The van der Waals surface area contributed by atoms with E-state index in [1.54, 1.807) is 0 Å². The highest BCUT2D eigenvalue weighted by molar-refractivity contribution is 4.86. The fourth-order valence-corrected chi connectivity index (χ4v) is 2.64. The number of hydrogen-bond donors (Lipinski definition) is 1. The summed E-state index contributed by atoms with van der Waals surface area (Å²) < 4.78 is 0. The SMILES string of the molecule is CC1(C)CCN(CC2CC(N)C2)CC1. The third kappa shape index (κ3) is 2.48. The molecule has 1 aliphatic carbocycles. The van der Waals surface area contributed by atoms with Crippen LogP contribution in [0.5, 0.6) is 0 Å². The van der Waals surface area contributed by atoms with Crippen LogP contribution in [0.15, 0.2) is 0 Å². The van der Waals surface area contributed by atoms with E-state index in [1.165, 1.54) is 45.3 Å². The van der Waals surface area contributed by atoms with Gasteiger partial charge in [0.05, 0.1) is 0 Å². The van der Waals surface area contributed by atoms with Gasteiger partial charge < -0.3 is 10.6 Å². The van der Waals surface area contributed by atoms with Gasteiger partial charge in [0.1, 0.15) is 0 Å². The predicted octanol–water partition coefficient (Wildman–Crippen LogP) is 1.85. The van der Waals surface area contributed by atoms with E-state index >= 15 is 0 Å². The van der Waals surface area contributed by atoms with Crippen molar-refractivity contribution in [2.24, 2.45) is 17.1 Å². The maximum absolute atomic E-state index is 5.80. The summed E-state index contributed by atoms with van der Waals surface area (Å²) in [6, 6.07) is 0.515. The van der Waals surface area contributed by atoms with Crippen LogP contribution in [0.1, 0.15) is 39.5 Å². The summed E-state index contributed by atoms with van der Waals surface area (Å²) >= 11 is 0. The van der Waals surface area contributed by atoms with Crippen molar-refractivity contribution in [3.8, 4) is 0 Å². The van der Waals surface area contributed by atoms with E-state index in [1.807, 2.05) is 0 Å². The molecule has 0 unspecified atom stereocenters. The molecule has 0 aromatic heterocycles. The lowest BCUT2D eigenvalue weighted by Gasteiger charge is -2.41. The molecule has 0 amide bonds. The van der Waals surface area contributed by atoms with E-state index in [0.29, 0.717) is 11.5 Å². The first kappa shape index (κ1) is 10.4. The van der Waals surface area contributed by atoms with Crippen LogP contribution in [-0.2, 0) is 0 Å². The standard InChI is InChI=1S/C12H24N2/c1-12(2)3-5-14(6-4-12)9-10-7-11(13)8-10/h10-11H,3-9,13H2,1-2H3. The summed E-state index contributed by atoms with van der Waals surface area (Å²) in [5.41, 5.74) is 6.39. The van der Waals surface area contributed by atoms with Gasteiger partial charge in [-0.1, -0.05) is 13.8 Å². The lowest BCUT2D eigenvalue weighted by molar-refractivity contribution is 0.0926. The molecule has 0 spiro atoms. The van der Waals surface area contributed by atoms with Gasteiger partial charge >= 0.3 is 0 Å². The van der Waals surface area contributed by atoms with Crippen molar-refractivity contribution in [3.05, 3.63) is 0 Å².